The molecule has 2 aromatic rings. The van der Waals surface area contributed by atoms with Crippen LogP contribution in [0.1, 0.15) is 31.9 Å². The van der Waals surface area contributed by atoms with Gasteiger partial charge in [-0.3, -0.25) is 9.10 Å². The quantitative estimate of drug-likeness (QED) is 0.604. The normalized spacial score (nSPS) is 12.2. The SMILES string of the molecule is CCN(CC)c1ccc(CNC(=O)[C@@H](C)N(c2cc(C)ccc2OC)S(C)(=O)=O)cc1. The minimum absolute atomic E-state index is 0.310. The third-order valence-corrected chi connectivity index (χ3v) is 6.42. The minimum atomic E-state index is -3.73. The molecule has 0 saturated heterocycles. The second-order valence-electron chi connectivity index (χ2n) is 7.47. The maximum Gasteiger partial charge on any atom is 0.243 e. The van der Waals surface area contributed by atoms with E-state index in [1.54, 1.807) is 19.1 Å². The summed E-state index contributed by atoms with van der Waals surface area (Å²) in [7, 11) is -2.26. The third-order valence-electron chi connectivity index (χ3n) is 5.19. The van der Waals surface area contributed by atoms with Crippen molar-refractivity contribution in [2.45, 2.75) is 40.3 Å². The first-order valence-electron chi connectivity index (χ1n) is 10.4. The Labute approximate surface area is 186 Å². The van der Waals surface area contributed by atoms with Crippen molar-refractivity contribution in [2.75, 3.05) is 35.7 Å². The van der Waals surface area contributed by atoms with Gasteiger partial charge in [-0.1, -0.05) is 18.2 Å². The second kappa shape index (κ2) is 10.5. The van der Waals surface area contributed by atoms with E-state index in [0.717, 1.165) is 40.5 Å². The molecule has 0 aliphatic carbocycles. The molecule has 0 spiro atoms. The highest BCUT2D eigenvalue weighted by Gasteiger charge is 2.31. The predicted molar refractivity (Wildman–Crippen MR) is 126 cm³/mol. The maximum atomic E-state index is 12.9. The molecule has 31 heavy (non-hydrogen) atoms. The molecule has 1 N–H and O–H groups in total. The first kappa shape index (κ1) is 24.5. The van der Waals surface area contributed by atoms with Crippen molar-refractivity contribution in [3.05, 3.63) is 53.6 Å². The van der Waals surface area contributed by atoms with Gasteiger partial charge in [-0.25, -0.2) is 8.42 Å². The number of aryl methyl sites for hydroxylation is 1. The number of carbonyl (C=O) groups excluding carboxylic acids is 1. The molecule has 0 saturated carbocycles. The number of rotatable bonds is 10. The predicted octanol–water partition coefficient (Wildman–Crippen LogP) is 3.32. The lowest BCUT2D eigenvalue weighted by molar-refractivity contribution is -0.122. The Bertz CT molecular complexity index is 986. The summed E-state index contributed by atoms with van der Waals surface area (Å²) >= 11 is 0. The Morgan fingerprint density at radius 1 is 1.10 bits per heavy atom. The molecule has 7 nitrogen and oxygen atoms in total. The topological polar surface area (TPSA) is 79.0 Å². The first-order valence-corrected chi connectivity index (χ1v) is 12.2. The summed E-state index contributed by atoms with van der Waals surface area (Å²) in [5.74, 6) is 0.00414. The van der Waals surface area contributed by atoms with Gasteiger partial charge in [-0.2, -0.15) is 0 Å². The summed E-state index contributed by atoms with van der Waals surface area (Å²) in [4.78, 5) is 15.1. The number of benzene rings is 2. The van der Waals surface area contributed by atoms with Crippen LogP contribution in [0.5, 0.6) is 5.75 Å². The van der Waals surface area contributed by atoms with E-state index in [1.165, 1.54) is 7.11 Å². The lowest BCUT2D eigenvalue weighted by Crippen LogP contribution is -2.47. The van der Waals surface area contributed by atoms with Gasteiger partial charge in [0.25, 0.3) is 0 Å². The van der Waals surface area contributed by atoms with Crippen LogP contribution >= 0.6 is 0 Å². The molecule has 0 bridgehead atoms. The van der Waals surface area contributed by atoms with Crippen molar-refractivity contribution in [1.29, 1.82) is 0 Å². The van der Waals surface area contributed by atoms with Crippen molar-refractivity contribution in [1.82, 2.24) is 5.32 Å². The fraction of sp³-hybridized carbons (Fsp3) is 0.435. The molecule has 2 rings (SSSR count). The van der Waals surface area contributed by atoms with Crippen LogP contribution < -0.4 is 19.3 Å². The molecule has 0 heterocycles. The van der Waals surface area contributed by atoms with Crippen LogP contribution in [0.4, 0.5) is 11.4 Å². The average Bonchev–Trinajstić information content (AvgIpc) is 2.73. The average molecular weight is 448 g/mol. The van der Waals surface area contributed by atoms with Crippen LogP contribution in [0.25, 0.3) is 0 Å². The number of amides is 1. The molecule has 2 aromatic carbocycles. The number of methoxy groups -OCH3 is 1. The van der Waals surface area contributed by atoms with Gasteiger partial charge >= 0.3 is 0 Å². The monoisotopic (exact) mass is 447 g/mol. The zero-order valence-corrected chi connectivity index (χ0v) is 20.0. The van der Waals surface area contributed by atoms with E-state index in [9.17, 15) is 13.2 Å². The van der Waals surface area contributed by atoms with Gasteiger partial charge in [0.05, 0.1) is 19.1 Å². The molecular weight excluding hydrogens is 414 g/mol. The van der Waals surface area contributed by atoms with E-state index < -0.39 is 16.1 Å². The standard InChI is InChI=1S/C23H33N3O4S/c1-7-25(8-2)20-12-10-19(11-13-20)16-24-23(27)18(4)26(31(6,28)29)21-15-17(3)9-14-22(21)30-5/h9-15,18H,7-8,16H2,1-6H3,(H,24,27)/t18-/m1/s1. The molecule has 0 unspecified atom stereocenters. The highest BCUT2D eigenvalue weighted by atomic mass is 32.2. The molecule has 170 valence electrons. The lowest BCUT2D eigenvalue weighted by Gasteiger charge is -2.29. The molecule has 8 heteroatoms. The Morgan fingerprint density at radius 2 is 1.71 bits per heavy atom. The van der Waals surface area contributed by atoms with E-state index in [0.29, 0.717) is 18.0 Å². The van der Waals surface area contributed by atoms with Gasteiger partial charge in [-0.15, -0.1) is 0 Å². The molecule has 0 aliphatic heterocycles. The van der Waals surface area contributed by atoms with Gasteiger partial charge in [-0.05, 0) is 63.1 Å². The third kappa shape index (κ3) is 6.13. The van der Waals surface area contributed by atoms with E-state index >= 15 is 0 Å². The van der Waals surface area contributed by atoms with E-state index in [1.807, 2.05) is 37.3 Å². The molecular formula is C23H33N3O4S. The number of sulfonamides is 1. The number of anilines is 2. The van der Waals surface area contributed by atoms with Crippen molar-refractivity contribution in [2.24, 2.45) is 0 Å². The van der Waals surface area contributed by atoms with Gasteiger partial charge in [0.15, 0.2) is 0 Å². The Morgan fingerprint density at radius 3 is 2.23 bits per heavy atom. The minimum Gasteiger partial charge on any atom is -0.495 e. The van der Waals surface area contributed by atoms with E-state index in [4.69, 9.17) is 4.74 Å². The maximum absolute atomic E-state index is 12.9. The summed E-state index contributed by atoms with van der Waals surface area (Å²) < 4.78 is 31.6. The van der Waals surface area contributed by atoms with Gasteiger partial charge in [0, 0.05) is 25.3 Å². The zero-order chi connectivity index (χ0) is 23.2. The van der Waals surface area contributed by atoms with Crippen LogP contribution in [0.3, 0.4) is 0 Å². The van der Waals surface area contributed by atoms with Crippen LogP contribution in [0, 0.1) is 6.92 Å². The van der Waals surface area contributed by atoms with E-state index in [-0.39, 0.29) is 5.91 Å². The number of hydrogen-bond donors (Lipinski definition) is 1. The summed E-state index contributed by atoms with van der Waals surface area (Å²) in [6.45, 7) is 9.80. The number of nitrogens with one attached hydrogen (secondary N) is 1. The Balaban J connectivity index is 2.19. The van der Waals surface area contributed by atoms with Crippen LogP contribution in [-0.4, -0.2) is 46.8 Å². The smallest absolute Gasteiger partial charge is 0.243 e. The van der Waals surface area contributed by atoms with Crippen molar-refractivity contribution >= 4 is 27.3 Å². The Hall–Kier alpha value is -2.74. The first-order chi connectivity index (χ1) is 14.6. The van der Waals surface area contributed by atoms with Crippen LogP contribution in [0.2, 0.25) is 0 Å². The number of hydrogen-bond acceptors (Lipinski definition) is 5. The second-order valence-corrected chi connectivity index (χ2v) is 9.33. The number of nitrogens with zero attached hydrogens (tertiary/aromatic N) is 2. The zero-order valence-electron chi connectivity index (χ0n) is 19.2. The van der Waals surface area contributed by atoms with Crippen LogP contribution in [-0.2, 0) is 21.4 Å². The van der Waals surface area contributed by atoms with Crippen molar-refractivity contribution < 1.29 is 17.9 Å². The lowest BCUT2D eigenvalue weighted by atomic mass is 10.1. The van der Waals surface area contributed by atoms with E-state index in [2.05, 4.69) is 24.1 Å². The summed E-state index contributed by atoms with van der Waals surface area (Å²) in [6, 6.07) is 12.3. The summed E-state index contributed by atoms with van der Waals surface area (Å²) in [6.07, 6.45) is 1.09. The number of carbonyl (C=O) groups is 1. The van der Waals surface area contributed by atoms with Gasteiger partial charge in [0.2, 0.25) is 15.9 Å². The molecule has 1 amide bonds. The fourth-order valence-corrected chi connectivity index (χ4v) is 4.67. The summed E-state index contributed by atoms with van der Waals surface area (Å²) in [5.41, 5.74) is 3.28. The van der Waals surface area contributed by atoms with Crippen molar-refractivity contribution in [3.8, 4) is 5.75 Å². The fourth-order valence-electron chi connectivity index (χ4n) is 3.50. The molecule has 0 fully saturated rings. The molecule has 0 aromatic heterocycles. The van der Waals surface area contributed by atoms with Crippen LogP contribution in [0.15, 0.2) is 42.5 Å². The van der Waals surface area contributed by atoms with Gasteiger partial charge in [0.1, 0.15) is 11.8 Å². The van der Waals surface area contributed by atoms with Gasteiger partial charge < -0.3 is 15.0 Å². The highest BCUT2D eigenvalue weighted by Crippen LogP contribution is 2.32. The van der Waals surface area contributed by atoms with Crippen molar-refractivity contribution in [3.63, 3.8) is 0 Å². The largest absolute Gasteiger partial charge is 0.495 e. The number of ether oxygens (including phenoxy) is 1. The highest BCUT2D eigenvalue weighted by molar-refractivity contribution is 7.92. The molecule has 0 radical (unpaired) electrons. The molecule has 1 atom stereocenters. The Kier molecular flexibility index (Phi) is 8.33. The molecule has 0 aliphatic rings. The summed E-state index contributed by atoms with van der Waals surface area (Å²) in [5, 5.41) is 2.85.